The first-order chi connectivity index (χ1) is 4.86. The molecule has 0 N–H and O–H groups in total. The minimum atomic E-state index is 1.22. The average Bonchev–Trinajstić information content (AvgIpc) is 2.27. The number of hydrogen-bond donors (Lipinski definition) is 0. The standard InChI is InChI=1S/C7H7BrS2/c8-7-3-5-4-9-2-1-6(5)10-7/h3H,1-2,4H2. The van der Waals surface area contributed by atoms with E-state index in [1.54, 1.807) is 10.4 Å². The first kappa shape index (κ1) is 7.19. The molecule has 54 valence electrons. The third kappa shape index (κ3) is 1.27. The monoisotopic (exact) mass is 234 g/mol. The lowest BCUT2D eigenvalue weighted by molar-refractivity contribution is 1.13. The lowest BCUT2D eigenvalue weighted by atomic mass is 10.2. The van der Waals surface area contributed by atoms with E-state index in [1.807, 2.05) is 23.1 Å². The van der Waals surface area contributed by atoms with Gasteiger partial charge in [-0.05, 0) is 39.7 Å². The van der Waals surface area contributed by atoms with Gasteiger partial charge in [-0.25, -0.2) is 0 Å². The number of rotatable bonds is 0. The predicted octanol–water partition coefficient (Wildman–Crippen LogP) is 3.30. The van der Waals surface area contributed by atoms with Crippen molar-refractivity contribution in [1.29, 1.82) is 0 Å². The summed E-state index contributed by atoms with van der Waals surface area (Å²) in [5.41, 5.74) is 1.55. The second-order valence-corrected chi connectivity index (χ2v) is 5.92. The van der Waals surface area contributed by atoms with Crippen molar-refractivity contribution < 1.29 is 0 Å². The molecule has 0 radical (unpaired) electrons. The summed E-state index contributed by atoms with van der Waals surface area (Å²) in [5.74, 6) is 2.53. The van der Waals surface area contributed by atoms with Gasteiger partial charge in [-0.2, -0.15) is 11.8 Å². The Morgan fingerprint density at radius 1 is 1.50 bits per heavy atom. The molecule has 1 aliphatic rings. The van der Waals surface area contributed by atoms with Gasteiger partial charge in [-0.3, -0.25) is 0 Å². The summed E-state index contributed by atoms with van der Waals surface area (Å²) < 4.78 is 1.29. The van der Waals surface area contributed by atoms with E-state index in [1.165, 1.54) is 21.7 Å². The van der Waals surface area contributed by atoms with E-state index in [0.29, 0.717) is 0 Å². The Labute approximate surface area is 77.2 Å². The summed E-state index contributed by atoms with van der Waals surface area (Å²) >= 11 is 7.43. The number of halogens is 1. The topological polar surface area (TPSA) is 0 Å². The summed E-state index contributed by atoms with van der Waals surface area (Å²) in [6.07, 6.45) is 1.27. The number of thioether (sulfide) groups is 1. The highest BCUT2D eigenvalue weighted by Gasteiger charge is 2.11. The minimum Gasteiger partial charge on any atom is -0.157 e. The molecule has 1 aliphatic heterocycles. The lowest BCUT2D eigenvalue weighted by Crippen LogP contribution is -1.96. The van der Waals surface area contributed by atoms with Crippen LogP contribution in [0.4, 0.5) is 0 Å². The van der Waals surface area contributed by atoms with Crippen LogP contribution in [-0.4, -0.2) is 5.75 Å². The van der Waals surface area contributed by atoms with Crippen molar-refractivity contribution in [1.82, 2.24) is 0 Å². The average molecular weight is 235 g/mol. The van der Waals surface area contributed by atoms with E-state index < -0.39 is 0 Å². The quantitative estimate of drug-likeness (QED) is 0.664. The maximum absolute atomic E-state index is 3.50. The van der Waals surface area contributed by atoms with Gasteiger partial charge in [0.05, 0.1) is 3.79 Å². The van der Waals surface area contributed by atoms with Gasteiger partial charge in [0, 0.05) is 10.6 Å². The molecule has 0 nitrogen and oxygen atoms in total. The van der Waals surface area contributed by atoms with Crippen molar-refractivity contribution >= 4 is 39.0 Å². The summed E-state index contributed by atoms with van der Waals surface area (Å²) in [4.78, 5) is 1.59. The third-order valence-corrected chi connectivity index (χ3v) is 4.35. The van der Waals surface area contributed by atoms with Crippen LogP contribution in [0, 0.1) is 0 Å². The molecule has 0 fully saturated rings. The first-order valence-electron chi connectivity index (χ1n) is 3.21. The first-order valence-corrected chi connectivity index (χ1v) is 5.97. The van der Waals surface area contributed by atoms with Crippen molar-refractivity contribution in [2.45, 2.75) is 12.2 Å². The molecular formula is C7H7BrS2. The maximum Gasteiger partial charge on any atom is 0.0704 e. The summed E-state index contributed by atoms with van der Waals surface area (Å²) in [6.45, 7) is 0. The summed E-state index contributed by atoms with van der Waals surface area (Å²) in [5, 5.41) is 0. The van der Waals surface area contributed by atoms with Crippen LogP contribution in [0.1, 0.15) is 10.4 Å². The smallest absolute Gasteiger partial charge is 0.0704 e. The van der Waals surface area contributed by atoms with Gasteiger partial charge in [-0.15, -0.1) is 11.3 Å². The van der Waals surface area contributed by atoms with E-state index in [0.717, 1.165) is 0 Å². The Balaban J connectivity index is 2.41. The van der Waals surface area contributed by atoms with E-state index in [2.05, 4.69) is 22.0 Å². The number of thiophene rings is 1. The Bertz CT molecular complexity index is 218. The molecule has 2 rings (SSSR count). The molecule has 1 aromatic rings. The molecule has 2 heterocycles. The number of hydrogen-bond acceptors (Lipinski definition) is 2. The van der Waals surface area contributed by atoms with Gasteiger partial charge in [0.1, 0.15) is 0 Å². The van der Waals surface area contributed by atoms with E-state index >= 15 is 0 Å². The molecule has 0 aliphatic carbocycles. The zero-order valence-electron chi connectivity index (χ0n) is 5.39. The van der Waals surface area contributed by atoms with Crippen molar-refractivity contribution in [2.24, 2.45) is 0 Å². The Hall–Kier alpha value is 0.530. The second-order valence-electron chi connectivity index (χ2n) is 2.30. The lowest BCUT2D eigenvalue weighted by Gasteiger charge is -2.08. The third-order valence-electron chi connectivity index (χ3n) is 1.60. The molecule has 0 bridgehead atoms. The van der Waals surface area contributed by atoms with Crippen molar-refractivity contribution in [2.75, 3.05) is 5.75 Å². The van der Waals surface area contributed by atoms with Gasteiger partial charge in [0.2, 0.25) is 0 Å². The molecule has 1 aromatic heterocycles. The SMILES string of the molecule is Brc1cc2c(s1)CCSC2. The van der Waals surface area contributed by atoms with Gasteiger partial charge in [0.25, 0.3) is 0 Å². The molecule has 0 saturated carbocycles. The number of fused-ring (bicyclic) bond motifs is 1. The molecule has 3 heteroatoms. The van der Waals surface area contributed by atoms with E-state index in [4.69, 9.17) is 0 Å². The molecule has 0 atom stereocenters. The van der Waals surface area contributed by atoms with Crippen LogP contribution in [0.25, 0.3) is 0 Å². The van der Waals surface area contributed by atoms with Crippen LogP contribution in [0.5, 0.6) is 0 Å². The highest BCUT2D eigenvalue weighted by Crippen LogP contribution is 2.34. The van der Waals surface area contributed by atoms with Gasteiger partial charge >= 0.3 is 0 Å². The predicted molar refractivity (Wildman–Crippen MR) is 51.9 cm³/mol. The van der Waals surface area contributed by atoms with Crippen LogP contribution in [-0.2, 0) is 12.2 Å². The van der Waals surface area contributed by atoms with Gasteiger partial charge in [0.15, 0.2) is 0 Å². The zero-order chi connectivity index (χ0) is 6.97. The fourth-order valence-electron chi connectivity index (χ4n) is 1.11. The van der Waals surface area contributed by atoms with Crippen molar-refractivity contribution in [3.05, 3.63) is 20.3 Å². The summed E-state index contributed by atoms with van der Waals surface area (Å²) in [7, 11) is 0. The van der Waals surface area contributed by atoms with Gasteiger partial charge in [-0.1, -0.05) is 0 Å². The van der Waals surface area contributed by atoms with Crippen LogP contribution in [0.15, 0.2) is 9.85 Å². The van der Waals surface area contributed by atoms with E-state index in [-0.39, 0.29) is 0 Å². The van der Waals surface area contributed by atoms with Crippen LogP contribution >= 0.6 is 39.0 Å². The normalized spacial score (nSPS) is 16.9. The van der Waals surface area contributed by atoms with Crippen LogP contribution < -0.4 is 0 Å². The molecule has 0 spiro atoms. The molecular weight excluding hydrogens is 228 g/mol. The largest absolute Gasteiger partial charge is 0.157 e. The molecule has 0 unspecified atom stereocenters. The molecule has 0 saturated heterocycles. The Morgan fingerprint density at radius 3 is 3.20 bits per heavy atom. The summed E-state index contributed by atoms with van der Waals surface area (Å²) in [6, 6.07) is 2.26. The number of aryl methyl sites for hydroxylation is 1. The fraction of sp³-hybridized carbons (Fsp3) is 0.429. The Kier molecular flexibility index (Phi) is 2.07. The van der Waals surface area contributed by atoms with Crippen LogP contribution in [0.3, 0.4) is 0 Å². The Morgan fingerprint density at radius 2 is 2.40 bits per heavy atom. The van der Waals surface area contributed by atoms with Crippen LogP contribution in [0.2, 0.25) is 0 Å². The fourth-order valence-corrected chi connectivity index (χ4v) is 4.07. The van der Waals surface area contributed by atoms with Crippen molar-refractivity contribution in [3.8, 4) is 0 Å². The zero-order valence-corrected chi connectivity index (χ0v) is 8.61. The van der Waals surface area contributed by atoms with Crippen molar-refractivity contribution in [3.63, 3.8) is 0 Å². The molecule has 10 heavy (non-hydrogen) atoms. The highest BCUT2D eigenvalue weighted by molar-refractivity contribution is 9.11. The molecule has 0 amide bonds. The second kappa shape index (κ2) is 2.88. The highest BCUT2D eigenvalue weighted by atomic mass is 79.9. The minimum absolute atomic E-state index is 1.22. The van der Waals surface area contributed by atoms with E-state index in [9.17, 15) is 0 Å². The maximum atomic E-state index is 3.50. The molecule has 0 aromatic carbocycles. The van der Waals surface area contributed by atoms with Gasteiger partial charge < -0.3 is 0 Å².